The van der Waals surface area contributed by atoms with Gasteiger partial charge in [-0.2, -0.15) is 0 Å². The molecule has 6 nitrogen and oxygen atoms in total. The van der Waals surface area contributed by atoms with Gasteiger partial charge in [-0.05, 0) is 45.7 Å². The van der Waals surface area contributed by atoms with Crippen molar-refractivity contribution in [3.05, 3.63) is 35.9 Å². The predicted molar refractivity (Wildman–Crippen MR) is 88.3 cm³/mol. The lowest BCUT2D eigenvalue weighted by Gasteiger charge is -2.20. The SMILES string of the molecule is CC(C)(C)OC(=O)NCCC(O)CCNC(=O)c1ccccc1. The van der Waals surface area contributed by atoms with Gasteiger partial charge < -0.3 is 20.5 Å². The largest absolute Gasteiger partial charge is 0.444 e. The van der Waals surface area contributed by atoms with Crippen LogP contribution in [-0.4, -0.2) is 41.9 Å². The van der Waals surface area contributed by atoms with Crippen LogP contribution in [0.1, 0.15) is 44.0 Å². The first-order valence-electron chi connectivity index (χ1n) is 7.76. The van der Waals surface area contributed by atoms with Crippen LogP contribution >= 0.6 is 0 Å². The summed E-state index contributed by atoms with van der Waals surface area (Å²) in [7, 11) is 0. The van der Waals surface area contributed by atoms with E-state index in [9.17, 15) is 14.7 Å². The van der Waals surface area contributed by atoms with Crippen LogP contribution in [0.15, 0.2) is 30.3 Å². The average Bonchev–Trinajstić information content (AvgIpc) is 2.46. The molecule has 1 aromatic carbocycles. The van der Waals surface area contributed by atoms with E-state index in [1.54, 1.807) is 45.0 Å². The lowest BCUT2D eigenvalue weighted by Crippen LogP contribution is -2.34. The predicted octanol–water partition coefficient (Wildman–Crippen LogP) is 2.08. The molecule has 6 heteroatoms. The maximum absolute atomic E-state index is 11.8. The van der Waals surface area contributed by atoms with Gasteiger partial charge in [-0.3, -0.25) is 4.79 Å². The molecule has 0 saturated heterocycles. The number of ether oxygens (including phenoxy) is 1. The first-order chi connectivity index (χ1) is 10.8. The monoisotopic (exact) mass is 322 g/mol. The minimum atomic E-state index is -0.596. The Morgan fingerprint density at radius 2 is 1.65 bits per heavy atom. The average molecular weight is 322 g/mol. The molecule has 0 aliphatic carbocycles. The molecule has 3 N–H and O–H groups in total. The summed E-state index contributed by atoms with van der Waals surface area (Å²) in [6.07, 6.45) is -0.266. The highest BCUT2D eigenvalue weighted by molar-refractivity contribution is 5.94. The fraction of sp³-hybridized carbons (Fsp3) is 0.529. The van der Waals surface area contributed by atoms with Crippen molar-refractivity contribution >= 4 is 12.0 Å². The summed E-state index contributed by atoms with van der Waals surface area (Å²) in [6.45, 7) is 6.06. The fourth-order valence-electron chi connectivity index (χ4n) is 1.84. The van der Waals surface area contributed by atoms with Crippen LogP contribution < -0.4 is 10.6 Å². The van der Waals surface area contributed by atoms with E-state index in [1.165, 1.54) is 0 Å². The smallest absolute Gasteiger partial charge is 0.407 e. The van der Waals surface area contributed by atoms with Gasteiger partial charge in [0.2, 0.25) is 0 Å². The summed E-state index contributed by atoms with van der Waals surface area (Å²) in [5.41, 5.74) is 0.0540. The van der Waals surface area contributed by atoms with Crippen molar-refractivity contribution in [2.45, 2.75) is 45.3 Å². The minimum Gasteiger partial charge on any atom is -0.444 e. The van der Waals surface area contributed by atoms with Gasteiger partial charge in [-0.25, -0.2) is 4.79 Å². The minimum absolute atomic E-state index is 0.162. The van der Waals surface area contributed by atoms with Crippen LogP contribution in [0, 0.1) is 0 Å². The number of hydrogen-bond acceptors (Lipinski definition) is 4. The van der Waals surface area contributed by atoms with Gasteiger partial charge in [-0.1, -0.05) is 18.2 Å². The van der Waals surface area contributed by atoms with Gasteiger partial charge in [0.15, 0.2) is 0 Å². The summed E-state index contributed by atoms with van der Waals surface area (Å²) in [6, 6.07) is 8.91. The van der Waals surface area contributed by atoms with Crippen molar-refractivity contribution in [3.8, 4) is 0 Å². The lowest BCUT2D eigenvalue weighted by molar-refractivity contribution is 0.0518. The van der Waals surface area contributed by atoms with E-state index in [2.05, 4.69) is 10.6 Å². The first-order valence-corrected chi connectivity index (χ1v) is 7.76. The van der Waals surface area contributed by atoms with E-state index >= 15 is 0 Å². The number of nitrogens with one attached hydrogen (secondary N) is 2. The number of carbonyl (C=O) groups is 2. The molecule has 128 valence electrons. The Labute approximate surface area is 137 Å². The Morgan fingerprint density at radius 1 is 1.09 bits per heavy atom. The molecule has 0 spiro atoms. The standard InChI is InChI=1S/C17H26N2O4/c1-17(2,3)23-16(22)19-12-10-14(20)9-11-18-15(21)13-7-5-4-6-8-13/h4-8,14,20H,9-12H2,1-3H3,(H,18,21)(H,19,22). The van der Waals surface area contributed by atoms with Crippen molar-refractivity contribution in [1.82, 2.24) is 10.6 Å². The van der Waals surface area contributed by atoms with Crippen LogP contribution in [0.25, 0.3) is 0 Å². The second-order valence-electron chi connectivity index (χ2n) is 6.28. The van der Waals surface area contributed by atoms with E-state index in [0.29, 0.717) is 31.5 Å². The lowest BCUT2D eigenvalue weighted by atomic mass is 10.1. The Kier molecular flexibility index (Phi) is 7.54. The second-order valence-corrected chi connectivity index (χ2v) is 6.28. The summed E-state index contributed by atoms with van der Waals surface area (Å²) >= 11 is 0. The number of alkyl carbamates (subject to hydrolysis) is 1. The van der Waals surface area contributed by atoms with Gasteiger partial charge in [-0.15, -0.1) is 0 Å². The normalized spacial score (nSPS) is 12.3. The summed E-state index contributed by atoms with van der Waals surface area (Å²) in [5, 5.41) is 15.2. The zero-order valence-electron chi connectivity index (χ0n) is 14.0. The zero-order valence-corrected chi connectivity index (χ0v) is 14.0. The third kappa shape index (κ3) is 8.83. The topological polar surface area (TPSA) is 87.7 Å². The van der Waals surface area contributed by atoms with Crippen LogP contribution in [0.5, 0.6) is 0 Å². The van der Waals surface area contributed by atoms with Gasteiger partial charge in [0, 0.05) is 18.7 Å². The third-order valence-corrected chi connectivity index (χ3v) is 2.94. The number of aliphatic hydroxyl groups is 1. The second kappa shape index (κ2) is 9.15. The third-order valence-electron chi connectivity index (χ3n) is 2.94. The van der Waals surface area contributed by atoms with Crippen molar-refractivity contribution in [2.75, 3.05) is 13.1 Å². The molecule has 1 aromatic rings. The van der Waals surface area contributed by atoms with Crippen molar-refractivity contribution in [3.63, 3.8) is 0 Å². The number of benzene rings is 1. The molecule has 0 heterocycles. The van der Waals surface area contributed by atoms with Gasteiger partial charge >= 0.3 is 6.09 Å². The van der Waals surface area contributed by atoms with Crippen LogP contribution in [0.2, 0.25) is 0 Å². The van der Waals surface area contributed by atoms with Crippen LogP contribution in [0.3, 0.4) is 0 Å². The van der Waals surface area contributed by atoms with Gasteiger partial charge in [0.05, 0.1) is 6.10 Å². The number of hydrogen-bond donors (Lipinski definition) is 3. The molecule has 0 aliphatic rings. The molecule has 1 atom stereocenters. The van der Waals surface area contributed by atoms with E-state index in [4.69, 9.17) is 4.74 Å². The van der Waals surface area contributed by atoms with Crippen molar-refractivity contribution < 1.29 is 19.4 Å². The molecule has 2 amide bonds. The Morgan fingerprint density at radius 3 is 2.22 bits per heavy atom. The Balaban J connectivity index is 2.14. The maximum atomic E-state index is 11.8. The van der Waals surface area contributed by atoms with E-state index in [0.717, 1.165) is 0 Å². The molecule has 23 heavy (non-hydrogen) atoms. The van der Waals surface area contributed by atoms with Crippen molar-refractivity contribution in [2.24, 2.45) is 0 Å². The number of carbonyl (C=O) groups excluding carboxylic acids is 2. The summed E-state index contributed by atoms with van der Waals surface area (Å²) in [5.74, 6) is -0.162. The van der Waals surface area contributed by atoms with E-state index < -0.39 is 17.8 Å². The van der Waals surface area contributed by atoms with Gasteiger partial charge in [0.1, 0.15) is 5.60 Å². The zero-order chi connectivity index (χ0) is 17.3. The quantitative estimate of drug-likeness (QED) is 0.717. The molecule has 0 aromatic heterocycles. The van der Waals surface area contributed by atoms with E-state index in [1.807, 2.05) is 6.07 Å². The van der Waals surface area contributed by atoms with Crippen LogP contribution in [-0.2, 0) is 4.74 Å². The highest BCUT2D eigenvalue weighted by atomic mass is 16.6. The van der Waals surface area contributed by atoms with Gasteiger partial charge in [0.25, 0.3) is 5.91 Å². The van der Waals surface area contributed by atoms with Crippen molar-refractivity contribution in [1.29, 1.82) is 0 Å². The molecule has 0 radical (unpaired) electrons. The van der Waals surface area contributed by atoms with E-state index in [-0.39, 0.29) is 5.91 Å². The highest BCUT2D eigenvalue weighted by Gasteiger charge is 2.16. The highest BCUT2D eigenvalue weighted by Crippen LogP contribution is 2.06. The molecule has 0 fully saturated rings. The number of amides is 2. The Bertz CT molecular complexity index is 497. The molecule has 1 rings (SSSR count). The summed E-state index contributed by atoms with van der Waals surface area (Å²) < 4.78 is 5.09. The Hall–Kier alpha value is -2.08. The first kappa shape index (κ1) is 19.0. The molecule has 1 unspecified atom stereocenters. The molecule has 0 aliphatic heterocycles. The number of rotatable bonds is 7. The molecular formula is C17H26N2O4. The summed E-state index contributed by atoms with van der Waals surface area (Å²) in [4.78, 5) is 23.2. The maximum Gasteiger partial charge on any atom is 0.407 e. The molecule has 0 saturated carbocycles. The fourth-order valence-corrected chi connectivity index (χ4v) is 1.84. The van der Waals surface area contributed by atoms with Crippen LogP contribution in [0.4, 0.5) is 4.79 Å². The number of aliphatic hydroxyl groups excluding tert-OH is 1. The molecule has 0 bridgehead atoms. The molecular weight excluding hydrogens is 296 g/mol.